The predicted octanol–water partition coefficient (Wildman–Crippen LogP) is 0.968. The van der Waals surface area contributed by atoms with Crippen molar-refractivity contribution in [2.24, 2.45) is 0 Å². The van der Waals surface area contributed by atoms with Crippen LogP contribution in [0.4, 0.5) is 17.3 Å². The Labute approximate surface area is 125 Å². The summed E-state index contributed by atoms with van der Waals surface area (Å²) >= 11 is 0. The molecule has 114 valence electrons. The van der Waals surface area contributed by atoms with E-state index >= 15 is 0 Å². The molecule has 3 N–H and O–H groups in total. The maximum absolute atomic E-state index is 11.8. The van der Waals surface area contributed by atoms with Crippen molar-refractivity contribution in [1.82, 2.24) is 20.4 Å². The van der Waals surface area contributed by atoms with E-state index in [0.717, 1.165) is 6.33 Å². The maximum atomic E-state index is 11.8. The highest BCUT2D eigenvalue weighted by molar-refractivity contribution is 5.93. The SMILES string of the molecule is CCNc1ncnc(NNC(=O)c2ccccn2)c1[N+](=O)[O-]. The van der Waals surface area contributed by atoms with Gasteiger partial charge < -0.3 is 5.32 Å². The number of carbonyl (C=O) groups is 1. The average molecular weight is 303 g/mol. The average Bonchev–Trinajstić information content (AvgIpc) is 2.53. The second-order valence-corrected chi connectivity index (χ2v) is 4.00. The molecule has 10 heteroatoms. The molecule has 2 aromatic rings. The molecule has 0 unspecified atom stereocenters. The summed E-state index contributed by atoms with van der Waals surface area (Å²) in [7, 11) is 0. The monoisotopic (exact) mass is 303 g/mol. The number of anilines is 2. The Bertz CT molecular complexity index is 678. The van der Waals surface area contributed by atoms with E-state index in [-0.39, 0.29) is 23.0 Å². The molecule has 0 aliphatic carbocycles. The van der Waals surface area contributed by atoms with Gasteiger partial charge in [0.15, 0.2) is 0 Å². The van der Waals surface area contributed by atoms with Gasteiger partial charge >= 0.3 is 5.69 Å². The number of hydrogen-bond acceptors (Lipinski definition) is 8. The van der Waals surface area contributed by atoms with E-state index in [1.54, 1.807) is 19.1 Å². The van der Waals surface area contributed by atoms with E-state index in [9.17, 15) is 14.9 Å². The Morgan fingerprint density at radius 3 is 2.68 bits per heavy atom. The highest BCUT2D eigenvalue weighted by Crippen LogP contribution is 2.27. The van der Waals surface area contributed by atoms with E-state index in [1.165, 1.54) is 12.3 Å². The van der Waals surface area contributed by atoms with Crippen LogP contribution in [-0.4, -0.2) is 32.3 Å². The molecule has 10 nitrogen and oxygen atoms in total. The molecule has 0 fully saturated rings. The van der Waals surface area contributed by atoms with Crippen molar-refractivity contribution in [3.05, 3.63) is 46.5 Å². The molecule has 2 rings (SSSR count). The van der Waals surface area contributed by atoms with Crippen LogP contribution in [0.25, 0.3) is 0 Å². The van der Waals surface area contributed by atoms with Crippen LogP contribution < -0.4 is 16.2 Å². The molecule has 0 radical (unpaired) electrons. The third kappa shape index (κ3) is 3.42. The Balaban J connectivity index is 2.17. The van der Waals surface area contributed by atoms with Crippen molar-refractivity contribution in [3.8, 4) is 0 Å². The summed E-state index contributed by atoms with van der Waals surface area (Å²) in [5.41, 5.74) is 4.53. The Hall–Kier alpha value is -3.30. The van der Waals surface area contributed by atoms with Crippen LogP contribution in [0.1, 0.15) is 17.4 Å². The fraction of sp³-hybridized carbons (Fsp3) is 0.167. The molecular weight excluding hydrogens is 290 g/mol. The summed E-state index contributed by atoms with van der Waals surface area (Å²) in [6.07, 6.45) is 2.62. The van der Waals surface area contributed by atoms with Crippen molar-refractivity contribution in [1.29, 1.82) is 0 Å². The largest absolute Gasteiger partial charge is 0.364 e. The predicted molar refractivity (Wildman–Crippen MR) is 78.2 cm³/mol. The molecule has 2 aromatic heterocycles. The van der Waals surface area contributed by atoms with Crippen molar-refractivity contribution in [3.63, 3.8) is 0 Å². The van der Waals surface area contributed by atoms with Gasteiger partial charge in [-0.3, -0.25) is 30.7 Å². The summed E-state index contributed by atoms with van der Waals surface area (Å²) < 4.78 is 0. The highest BCUT2D eigenvalue weighted by Gasteiger charge is 2.23. The van der Waals surface area contributed by atoms with Gasteiger partial charge in [0.1, 0.15) is 12.0 Å². The molecule has 0 atom stereocenters. The van der Waals surface area contributed by atoms with Gasteiger partial charge in [-0.05, 0) is 19.1 Å². The lowest BCUT2D eigenvalue weighted by molar-refractivity contribution is -0.383. The van der Waals surface area contributed by atoms with Crippen molar-refractivity contribution >= 4 is 23.2 Å². The van der Waals surface area contributed by atoms with Gasteiger partial charge in [0.25, 0.3) is 5.91 Å². The Morgan fingerprint density at radius 1 is 1.27 bits per heavy atom. The minimum atomic E-state index is -0.632. The summed E-state index contributed by atoms with van der Waals surface area (Å²) in [5.74, 6) is -0.601. The molecule has 0 spiro atoms. The molecule has 0 aromatic carbocycles. The summed E-state index contributed by atoms with van der Waals surface area (Å²) in [6, 6.07) is 4.83. The van der Waals surface area contributed by atoms with Crippen LogP contribution in [0.3, 0.4) is 0 Å². The lowest BCUT2D eigenvalue weighted by Crippen LogP contribution is -2.31. The first-order valence-electron chi connectivity index (χ1n) is 6.34. The molecule has 0 saturated heterocycles. The molecule has 0 saturated carbocycles. The van der Waals surface area contributed by atoms with E-state index in [4.69, 9.17) is 0 Å². The summed E-state index contributed by atoms with van der Waals surface area (Å²) in [5, 5.41) is 13.9. The molecule has 0 bridgehead atoms. The van der Waals surface area contributed by atoms with Gasteiger partial charge in [0, 0.05) is 12.7 Å². The first kappa shape index (κ1) is 15.1. The number of pyridine rings is 1. The topological polar surface area (TPSA) is 135 Å². The zero-order valence-electron chi connectivity index (χ0n) is 11.6. The van der Waals surface area contributed by atoms with E-state index < -0.39 is 10.8 Å². The lowest BCUT2D eigenvalue weighted by atomic mass is 10.3. The fourth-order valence-corrected chi connectivity index (χ4v) is 1.62. The van der Waals surface area contributed by atoms with Gasteiger partial charge in [-0.15, -0.1) is 0 Å². The number of amides is 1. The number of hydrazine groups is 1. The van der Waals surface area contributed by atoms with Crippen LogP contribution >= 0.6 is 0 Å². The third-order valence-corrected chi connectivity index (χ3v) is 2.54. The van der Waals surface area contributed by atoms with Gasteiger partial charge in [-0.25, -0.2) is 9.97 Å². The first-order chi connectivity index (χ1) is 10.6. The minimum absolute atomic E-state index is 0.0667. The molecular formula is C12H13N7O3. The van der Waals surface area contributed by atoms with Crippen LogP contribution in [-0.2, 0) is 0 Å². The quantitative estimate of drug-likeness (QED) is 0.530. The first-order valence-corrected chi connectivity index (χ1v) is 6.34. The van der Waals surface area contributed by atoms with Gasteiger partial charge in [0.05, 0.1) is 4.92 Å². The number of nitrogens with zero attached hydrogens (tertiary/aromatic N) is 4. The number of carbonyl (C=O) groups excluding carboxylic acids is 1. The number of rotatable bonds is 6. The molecule has 0 aliphatic heterocycles. The molecule has 0 aliphatic rings. The zero-order valence-corrected chi connectivity index (χ0v) is 11.6. The van der Waals surface area contributed by atoms with Crippen molar-refractivity contribution in [2.45, 2.75) is 6.92 Å². The molecule has 1 amide bonds. The number of nitro groups is 1. The fourth-order valence-electron chi connectivity index (χ4n) is 1.62. The third-order valence-electron chi connectivity index (χ3n) is 2.54. The smallest absolute Gasteiger partial charge is 0.354 e. The molecule has 2 heterocycles. The van der Waals surface area contributed by atoms with Crippen LogP contribution in [0.15, 0.2) is 30.7 Å². The maximum Gasteiger partial charge on any atom is 0.354 e. The van der Waals surface area contributed by atoms with Crippen molar-refractivity contribution < 1.29 is 9.72 Å². The van der Waals surface area contributed by atoms with Gasteiger partial charge in [-0.1, -0.05) is 6.07 Å². The van der Waals surface area contributed by atoms with E-state index in [0.29, 0.717) is 6.54 Å². The second kappa shape index (κ2) is 6.92. The number of aromatic nitrogens is 3. The minimum Gasteiger partial charge on any atom is -0.364 e. The highest BCUT2D eigenvalue weighted by atomic mass is 16.6. The lowest BCUT2D eigenvalue weighted by Gasteiger charge is -2.09. The van der Waals surface area contributed by atoms with E-state index in [2.05, 4.69) is 31.1 Å². The normalized spacial score (nSPS) is 9.86. The van der Waals surface area contributed by atoms with Gasteiger partial charge in [-0.2, -0.15) is 0 Å². The number of hydrogen-bond donors (Lipinski definition) is 3. The van der Waals surface area contributed by atoms with Crippen LogP contribution in [0.2, 0.25) is 0 Å². The van der Waals surface area contributed by atoms with E-state index in [1.807, 2.05) is 0 Å². The summed E-state index contributed by atoms with van der Waals surface area (Å²) in [4.78, 5) is 33.8. The van der Waals surface area contributed by atoms with Crippen LogP contribution in [0.5, 0.6) is 0 Å². The Morgan fingerprint density at radius 2 is 2.05 bits per heavy atom. The summed E-state index contributed by atoms with van der Waals surface area (Å²) in [6.45, 7) is 2.24. The Kier molecular flexibility index (Phi) is 4.75. The van der Waals surface area contributed by atoms with Gasteiger partial charge in [0.2, 0.25) is 11.6 Å². The number of nitrogens with one attached hydrogen (secondary N) is 3. The zero-order chi connectivity index (χ0) is 15.9. The van der Waals surface area contributed by atoms with Crippen LogP contribution in [0, 0.1) is 10.1 Å². The van der Waals surface area contributed by atoms with Crippen molar-refractivity contribution in [2.75, 3.05) is 17.3 Å². The standard InChI is InChI=1S/C12H13N7O3/c1-2-13-10-9(19(21)22)11(16-7-15-10)17-18-12(20)8-5-3-4-6-14-8/h3-7H,2H2,1H3,(H,18,20)(H2,13,15,16,17). The molecule has 22 heavy (non-hydrogen) atoms. The second-order valence-electron chi connectivity index (χ2n) is 4.00.